The summed E-state index contributed by atoms with van der Waals surface area (Å²) in [6.07, 6.45) is 2.14. The molecule has 0 aromatic heterocycles. The SMILES string of the molecule is N#Cc1ccc(NC2CCc3ccccc32)cc1C#N. The molecular formula is C17H13N3. The van der Waals surface area contributed by atoms with Crippen molar-refractivity contribution in [2.45, 2.75) is 18.9 Å². The molecule has 0 aliphatic heterocycles. The van der Waals surface area contributed by atoms with Gasteiger partial charge in [0.2, 0.25) is 0 Å². The summed E-state index contributed by atoms with van der Waals surface area (Å²) in [5, 5.41) is 21.5. The van der Waals surface area contributed by atoms with Crippen LogP contribution in [0.25, 0.3) is 0 Å². The van der Waals surface area contributed by atoms with Crippen LogP contribution in [0.2, 0.25) is 0 Å². The van der Waals surface area contributed by atoms with Gasteiger partial charge in [0.1, 0.15) is 12.1 Å². The van der Waals surface area contributed by atoms with Gasteiger partial charge in [0, 0.05) is 5.69 Å². The Morgan fingerprint density at radius 3 is 2.60 bits per heavy atom. The fraction of sp³-hybridized carbons (Fsp3) is 0.176. The molecule has 0 saturated heterocycles. The van der Waals surface area contributed by atoms with E-state index in [0.29, 0.717) is 11.1 Å². The standard InChI is InChI=1S/C17H13N3/c18-10-13-5-7-15(9-14(13)11-19)20-17-8-6-12-3-1-2-4-16(12)17/h1-5,7,9,17,20H,6,8H2. The first-order valence-corrected chi connectivity index (χ1v) is 6.60. The van der Waals surface area contributed by atoms with E-state index >= 15 is 0 Å². The first kappa shape index (κ1) is 12.3. The Balaban J connectivity index is 1.87. The van der Waals surface area contributed by atoms with Crippen LogP contribution in [0.1, 0.15) is 34.7 Å². The minimum atomic E-state index is 0.283. The second kappa shape index (κ2) is 5.07. The van der Waals surface area contributed by atoms with Gasteiger partial charge in [0.15, 0.2) is 0 Å². The molecule has 2 aromatic rings. The fourth-order valence-electron chi connectivity index (χ4n) is 2.73. The molecule has 0 amide bonds. The van der Waals surface area contributed by atoms with Crippen LogP contribution in [0.3, 0.4) is 0 Å². The van der Waals surface area contributed by atoms with Crippen molar-refractivity contribution < 1.29 is 0 Å². The molecule has 0 fully saturated rings. The molecular weight excluding hydrogens is 246 g/mol. The summed E-state index contributed by atoms with van der Waals surface area (Å²) >= 11 is 0. The fourth-order valence-corrected chi connectivity index (χ4v) is 2.73. The van der Waals surface area contributed by atoms with E-state index in [-0.39, 0.29) is 6.04 Å². The van der Waals surface area contributed by atoms with E-state index in [1.165, 1.54) is 11.1 Å². The van der Waals surface area contributed by atoms with Crippen molar-refractivity contribution in [3.63, 3.8) is 0 Å². The maximum Gasteiger partial charge on any atom is 0.101 e. The lowest BCUT2D eigenvalue weighted by molar-refractivity contribution is 0.762. The van der Waals surface area contributed by atoms with Crippen LogP contribution in [-0.4, -0.2) is 0 Å². The van der Waals surface area contributed by atoms with Crippen molar-refractivity contribution in [1.82, 2.24) is 0 Å². The van der Waals surface area contributed by atoms with E-state index in [0.717, 1.165) is 18.5 Å². The Kier molecular flexibility index (Phi) is 3.11. The van der Waals surface area contributed by atoms with E-state index in [1.54, 1.807) is 12.1 Å². The van der Waals surface area contributed by atoms with Gasteiger partial charge in [0.25, 0.3) is 0 Å². The Morgan fingerprint density at radius 1 is 1.00 bits per heavy atom. The third-order valence-corrected chi connectivity index (χ3v) is 3.73. The van der Waals surface area contributed by atoms with Gasteiger partial charge in [-0.3, -0.25) is 0 Å². The number of anilines is 1. The highest BCUT2D eigenvalue weighted by molar-refractivity contribution is 5.57. The Bertz CT molecular complexity index is 735. The zero-order valence-corrected chi connectivity index (χ0v) is 10.9. The van der Waals surface area contributed by atoms with Gasteiger partial charge in [0.05, 0.1) is 17.2 Å². The summed E-state index contributed by atoms with van der Waals surface area (Å²) < 4.78 is 0. The van der Waals surface area contributed by atoms with Gasteiger partial charge in [-0.25, -0.2) is 0 Å². The first-order valence-electron chi connectivity index (χ1n) is 6.60. The number of hydrogen-bond donors (Lipinski definition) is 1. The molecule has 20 heavy (non-hydrogen) atoms. The number of nitrogens with one attached hydrogen (secondary N) is 1. The van der Waals surface area contributed by atoms with Crippen molar-refractivity contribution in [2.24, 2.45) is 0 Å². The normalized spacial score (nSPS) is 16.0. The smallest absolute Gasteiger partial charge is 0.101 e. The van der Waals surface area contributed by atoms with Crippen LogP contribution in [0.5, 0.6) is 0 Å². The van der Waals surface area contributed by atoms with Crippen molar-refractivity contribution in [1.29, 1.82) is 10.5 Å². The third kappa shape index (κ3) is 2.11. The van der Waals surface area contributed by atoms with E-state index in [2.05, 4.69) is 35.7 Å². The molecule has 0 heterocycles. The molecule has 3 nitrogen and oxygen atoms in total. The van der Waals surface area contributed by atoms with E-state index in [9.17, 15) is 0 Å². The van der Waals surface area contributed by atoms with Crippen LogP contribution in [-0.2, 0) is 6.42 Å². The Hall–Kier alpha value is -2.78. The highest BCUT2D eigenvalue weighted by atomic mass is 14.9. The molecule has 1 aliphatic rings. The van der Waals surface area contributed by atoms with Crippen molar-refractivity contribution >= 4 is 5.69 Å². The van der Waals surface area contributed by atoms with E-state index in [4.69, 9.17) is 10.5 Å². The lowest BCUT2D eigenvalue weighted by atomic mass is 10.1. The van der Waals surface area contributed by atoms with Crippen LogP contribution >= 0.6 is 0 Å². The van der Waals surface area contributed by atoms with Gasteiger partial charge in [-0.05, 0) is 42.2 Å². The summed E-state index contributed by atoms with van der Waals surface area (Å²) in [5.41, 5.74) is 4.45. The number of benzene rings is 2. The molecule has 0 saturated carbocycles. The predicted molar refractivity (Wildman–Crippen MR) is 77.0 cm³/mol. The zero-order chi connectivity index (χ0) is 13.9. The first-order chi connectivity index (χ1) is 9.81. The largest absolute Gasteiger partial charge is 0.378 e. The molecule has 0 bridgehead atoms. The number of fused-ring (bicyclic) bond motifs is 1. The summed E-state index contributed by atoms with van der Waals surface area (Å²) in [7, 11) is 0. The molecule has 2 aromatic carbocycles. The van der Waals surface area contributed by atoms with Crippen molar-refractivity contribution in [3.8, 4) is 12.1 Å². The summed E-state index contributed by atoms with van der Waals surface area (Å²) in [6.45, 7) is 0. The highest BCUT2D eigenvalue weighted by Crippen LogP contribution is 2.33. The maximum atomic E-state index is 9.06. The minimum Gasteiger partial charge on any atom is -0.378 e. The van der Waals surface area contributed by atoms with Crippen LogP contribution in [0.15, 0.2) is 42.5 Å². The predicted octanol–water partition coefficient (Wildman–Crippen LogP) is 3.53. The summed E-state index contributed by atoms with van der Waals surface area (Å²) in [6, 6.07) is 18.1. The highest BCUT2D eigenvalue weighted by Gasteiger charge is 2.21. The molecule has 3 heteroatoms. The van der Waals surface area contributed by atoms with Gasteiger partial charge < -0.3 is 5.32 Å². The number of nitrogens with zero attached hydrogens (tertiary/aromatic N) is 2. The van der Waals surface area contributed by atoms with Gasteiger partial charge in [-0.1, -0.05) is 24.3 Å². The summed E-state index contributed by atoms with van der Waals surface area (Å²) in [5.74, 6) is 0. The number of nitriles is 2. The Labute approximate surface area is 118 Å². The molecule has 0 radical (unpaired) electrons. The average Bonchev–Trinajstić information content (AvgIpc) is 2.90. The number of rotatable bonds is 2. The van der Waals surface area contributed by atoms with E-state index in [1.807, 2.05) is 12.1 Å². The lowest BCUT2D eigenvalue weighted by Gasteiger charge is -2.16. The molecule has 0 spiro atoms. The Morgan fingerprint density at radius 2 is 1.80 bits per heavy atom. The molecule has 1 atom stereocenters. The number of aryl methyl sites for hydroxylation is 1. The van der Waals surface area contributed by atoms with E-state index < -0.39 is 0 Å². The molecule has 1 aliphatic carbocycles. The van der Waals surface area contributed by atoms with Crippen LogP contribution < -0.4 is 5.32 Å². The molecule has 1 unspecified atom stereocenters. The number of hydrogen-bond acceptors (Lipinski definition) is 3. The van der Waals surface area contributed by atoms with Crippen molar-refractivity contribution in [3.05, 3.63) is 64.7 Å². The maximum absolute atomic E-state index is 9.06. The zero-order valence-electron chi connectivity index (χ0n) is 10.9. The van der Waals surface area contributed by atoms with Crippen LogP contribution in [0.4, 0.5) is 5.69 Å². The van der Waals surface area contributed by atoms with Crippen LogP contribution in [0, 0.1) is 22.7 Å². The third-order valence-electron chi connectivity index (χ3n) is 3.73. The monoisotopic (exact) mass is 259 g/mol. The lowest BCUT2D eigenvalue weighted by Crippen LogP contribution is -2.07. The molecule has 96 valence electrons. The summed E-state index contributed by atoms with van der Waals surface area (Å²) in [4.78, 5) is 0. The quantitative estimate of drug-likeness (QED) is 0.897. The molecule has 1 N–H and O–H groups in total. The minimum absolute atomic E-state index is 0.283. The van der Waals surface area contributed by atoms with Gasteiger partial charge >= 0.3 is 0 Å². The van der Waals surface area contributed by atoms with Crippen molar-refractivity contribution in [2.75, 3.05) is 5.32 Å². The molecule has 3 rings (SSSR count). The second-order valence-electron chi connectivity index (χ2n) is 4.92. The average molecular weight is 259 g/mol. The van der Waals surface area contributed by atoms with Gasteiger partial charge in [-0.15, -0.1) is 0 Å². The second-order valence-corrected chi connectivity index (χ2v) is 4.92. The van der Waals surface area contributed by atoms with Gasteiger partial charge in [-0.2, -0.15) is 10.5 Å². The topological polar surface area (TPSA) is 59.6 Å².